The van der Waals surface area contributed by atoms with E-state index < -0.39 is 5.91 Å². The third kappa shape index (κ3) is 4.65. The van der Waals surface area contributed by atoms with E-state index in [2.05, 4.69) is 15.6 Å². The third-order valence-electron chi connectivity index (χ3n) is 2.43. The Bertz CT molecular complexity index is 580. The number of nitrogens with two attached hydrogens (primary N) is 1. The molecule has 0 radical (unpaired) electrons. The second-order valence-electron chi connectivity index (χ2n) is 4.06. The number of pyridine rings is 1. The van der Waals surface area contributed by atoms with Crippen LogP contribution in [0.25, 0.3) is 0 Å². The topological polar surface area (TPSA) is 130 Å². The van der Waals surface area contributed by atoms with Crippen LogP contribution in [0.15, 0.2) is 6.07 Å². The van der Waals surface area contributed by atoms with Crippen LogP contribution >= 0.6 is 0 Å². The Morgan fingerprint density at radius 2 is 2.10 bits per heavy atom. The zero-order valence-electron chi connectivity index (χ0n) is 11.9. The van der Waals surface area contributed by atoms with Crippen LogP contribution in [0.4, 0.5) is 5.69 Å². The molecule has 0 aromatic carbocycles. The lowest BCUT2D eigenvalue weighted by Crippen LogP contribution is -2.34. The van der Waals surface area contributed by atoms with Crippen molar-refractivity contribution in [2.75, 3.05) is 25.4 Å². The van der Waals surface area contributed by atoms with Crippen molar-refractivity contribution in [3.8, 4) is 11.9 Å². The van der Waals surface area contributed by atoms with Gasteiger partial charge in [0, 0.05) is 20.0 Å². The molecule has 1 rings (SSSR count). The molecule has 1 aromatic rings. The quantitative estimate of drug-likeness (QED) is 0.622. The Morgan fingerprint density at radius 1 is 1.43 bits per heavy atom. The summed E-state index contributed by atoms with van der Waals surface area (Å²) >= 11 is 0. The van der Waals surface area contributed by atoms with Crippen LogP contribution < -0.4 is 21.1 Å². The van der Waals surface area contributed by atoms with Crippen LogP contribution in [-0.4, -0.2) is 36.5 Å². The Balaban J connectivity index is 2.81. The molecular weight excluding hydrogens is 274 g/mol. The van der Waals surface area contributed by atoms with Gasteiger partial charge in [-0.1, -0.05) is 0 Å². The van der Waals surface area contributed by atoms with E-state index in [1.165, 1.54) is 13.0 Å². The highest BCUT2D eigenvalue weighted by Crippen LogP contribution is 2.22. The Morgan fingerprint density at radius 3 is 2.67 bits per heavy atom. The fourth-order valence-corrected chi connectivity index (χ4v) is 1.52. The van der Waals surface area contributed by atoms with E-state index in [0.29, 0.717) is 13.2 Å². The first kappa shape index (κ1) is 16.2. The zero-order chi connectivity index (χ0) is 15.8. The normalized spacial score (nSPS) is 9.57. The smallest absolute Gasteiger partial charge is 0.270 e. The van der Waals surface area contributed by atoms with Gasteiger partial charge in [0.1, 0.15) is 17.3 Å². The van der Waals surface area contributed by atoms with E-state index in [0.717, 1.165) is 0 Å². The number of hydrogen-bond acceptors (Lipinski definition) is 6. The molecule has 0 aliphatic carbocycles. The summed E-state index contributed by atoms with van der Waals surface area (Å²) in [5.41, 5.74) is 6.00. The number of carbonyl (C=O) groups excluding carboxylic acids is 2. The minimum absolute atomic E-state index is 0.0343. The number of nitrogens with zero attached hydrogens (tertiary/aromatic N) is 2. The number of nitrogen functional groups attached to an aromatic ring is 1. The van der Waals surface area contributed by atoms with Gasteiger partial charge in [-0.15, -0.1) is 0 Å². The van der Waals surface area contributed by atoms with Gasteiger partial charge < -0.3 is 21.1 Å². The molecule has 0 saturated heterocycles. The molecule has 0 aliphatic rings. The van der Waals surface area contributed by atoms with E-state index in [1.807, 2.05) is 6.07 Å². The number of rotatable bonds is 6. The van der Waals surface area contributed by atoms with Gasteiger partial charge in [-0.3, -0.25) is 9.59 Å². The van der Waals surface area contributed by atoms with E-state index in [4.69, 9.17) is 15.7 Å². The van der Waals surface area contributed by atoms with E-state index in [-0.39, 0.29) is 35.3 Å². The van der Waals surface area contributed by atoms with Crippen LogP contribution in [0, 0.1) is 11.3 Å². The van der Waals surface area contributed by atoms with Crippen LogP contribution in [0.2, 0.25) is 0 Å². The summed E-state index contributed by atoms with van der Waals surface area (Å²) < 4.78 is 5.21. The summed E-state index contributed by atoms with van der Waals surface area (Å²) in [6, 6.07) is 3.20. The first-order chi connectivity index (χ1) is 9.99. The summed E-state index contributed by atoms with van der Waals surface area (Å²) in [7, 11) is 0. The third-order valence-corrected chi connectivity index (χ3v) is 2.43. The second kappa shape index (κ2) is 7.69. The van der Waals surface area contributed by atoms with Crippen molar-refractivity contribution in [1.29, 1.82) is 5.26 Å². The maximum absolute atomic E-state index is 11.9. The molecule has 1 aromatic heterocycles. The van der Waals surface area contributed by atoms with E-state index >= 15 is 0 Å². The monoisotopic (exact) mass is 291 g/mol. The lowest BCUT2D eigenvalue weighted by Gasteiger charge is -2.10. The number of carbonyl (C=O) groups is 2. The molecule has 0 atom stereocenters. The zero-order valence-corrected chi connectivity index (χ0v) is 11.9. The van der Waals surface area contributed by atoms with Gasteiger partial charge >= 0.3 is 0 Å². The van der Waals surface area contributed by atoms with Gasteiger partial charge in [0.05, 0.1) is 12.3 Å². The van der Waals surface area contributed by atoms with Crippen molar-refractivity contribution in [1.82, 2.24) is 15.6 Å². The molecule has 0 bridgehead atoms. The summed E-state index contributed by atoms with van der Waals surface area (Å²) in [6.45, 7) is 3.99. The van der Waals surface area contributed by atoms with Crippen molar-refractivity contribution < 1.29 is 14.3 Å². The molecule has 0 spiro atoms. The Labute approximate surface area is 122 Å². The number of nitriles is 1. The molecule has 8 heteroatoms. The van der Waals surface area contributed by atoms with Crippen LogP contribution in [0.1, 0.15) is 29.9 Å². The molecule has 4 N–H and O–H groups in total. The summed E-state index contributed by atoms with van der Waals surface area (Å²) in [4.78, 5) is 26.6. The fraction of sp³-hybridized carbons (Fsp3) is 0.385. The molecule has 8 nitrogen and oxygen atoms in total. The van der Waals surface area contributed by atoms with Crippen LogP contribution in [0.5, 0.6) is 5.88 Å². The predicted octanol–water partition coefficient (Wildman–Crippen LogP) is -0.200. The number of aromatic nitrogens is 1. The number of hydrogen-bond donors (Lipinski definition) is 3. The van der Waals surface area contributed by atoms with Crippen molar-refractivity contribution in [3.63, 3.8) is 0 Å². The standard InChI is InChI=1S/C13H17N5O3/c1-3-21-13-9(7-14)10(15)6-11(18-13)12(20)17-5-4-16-8(2)19/h6H,3-5H2,1-2H3,(H2,15,18)(H,16,19)(H,17,20). The molecule has 1 heterocycles. The van der Waals surface area contributed by atoms with E-state index in [1.54, 1.807) is 6.92 Å². The van der Waals surface area contributed by atoms with Gasteiger partial charge in [-0.2, -0.15) is 5.26 Å². The molecule has 21 heavy (non-hydrogen) atoms. The largest absolute Gasteiger partial charge is 0.477 e. The minimum Gasteiger partial charge on any atom is -0.477 e. The second-order valence-corrected chi connectivity index (χ2v) is 4.06. The molecule has 2 amide bonds. The highest BCUT2D eigenvalue weighted by molar-refractivity contribution is 5.93. The Kier molecular flexibility index (Phi) is 5.95. The number of ether oxygens (including phenoxy) is 1. The maximum Gasteiger partial charge on any atom is 0.270 e. The predicted molar refractivity (Wildman–Crippen MR) is 75.6 cm³/mol. The first-order valence-corrected chi connectivity index (χ1v) is 6.35. The van der Waals surface area contributed by atoms with Crippen molar-refractivity contribution in [3.05, 3.63) is 17.3 Å². The first-order valence-electron chi connectivity index (χ1n) is 6.35. The molecule has 0 aliphatic heterocycles. The van der Waals surface area contributed by atoms with Gasteiger partial charge in [-0.25, -0.2) is 4.98 Å². The number of anilines is 1. The van der Waals surface area contributed by atoms with Crippen molar-refractivity contribution >= 4 is 17.5 Å². The van der Waals surface area contributed by atoms with Gasteiger partial charge in [0.2, 0.25) is 11.8 Å². The lowest BCUT2D eigenvalue weighted by atomic mass is 10.2. The van der Waals surface area contributed by atoms with Crippen molar-refractivity contribution in [2.45, 2.75) is 13.8 Å². The highest BCUT2D eigenvalue weighted by Gasteiger charge is 2.15. The van der Waals surface area contributed by atoms with Crippen LogP contribution in [-0.2, 0) is 4.79 Å². The van der Waals surface area contributed by atoms with Crippen molar-refractivity contribution in [2.24, 2.45) is 0 Å². The fourth-order valence-electron chi connectivity index (χ4n) is 1.52. The highest BCUT2D eigenvalue weighted by atomic mass is 16.5. The summed E-state index contributed by atoms with van der Waals surface area (Å²) in [5.74, 6) is -0.604. The van der Waals surface area contributed by atoms with Gasteiger partial charge in [-0.05, 0) is 13.0 Å². The molecule has 0 fully saturated rings. The minimum atomic E-state index is -0.461. The summed E-state index contributed by atoms with van der Waals surface area (Å²) in [6.07, 6.45) is 0. The average molecular weight is 291 g/mol. The average Bonchev–Trinajstić information content (AvgIpc) is 2.43. The van der Waals surface area contributed by atoms with Gasteiger partial charge in [0.25, 0.3) is 5.91 Å². The Hall–Kier alpha value is -2.82. The number of nitrogens with one attached hydrogen (secondary N) is 2. The molecule has 0 unspecified atom stereocenters. The van der Waals surface area contributed by atoms with Crippen LogP contribution in [0.3, 0.4) is 0 Å². The number of amides is 2. The maximum atomic E-state index is 11.9. The van der Waals surface area contributed by atoms with Gasteiger partial charge in [0.15, 0.2) is 0 Å². The molecule has 112 valence electrons. The molecule has 0 saturated carbocycles. The van der Waals surface area contributed by atoms with E-state index in [9.17, 15) is 9.59 Å². The SMILES string of the molecule is CCOc1nc(C(=O)NCCNC(C)=O)cc(N)c1C#N. The summed E-state index contributed by atoms with van der Waals surface area (Å²) in [5, 5.41) is 14.1. The molecular formula is C13H17N5O3. The lowest BCUT2D eigenvalue weighted by molar-refractivity contribution is -0.118.